The normalized spacial score (nSPS) is 10.2. The molecule has 1 amide bonds. The molecule has 1 N–H and O–H groups in total. The van der Waals surface area contributed by atoms with Gasteiger partial charge in [0.1, 0.15) is 0 Å². The lowest BCUT2D eigenvalue weighted by Crippen LogP contribution is -2.16. The Balaban J connectivity index is 2.21. The fraction of sp³-hybridized carbons (Fsp3) is 0.176. The maximum atomic E-state index is 12.3. The Kier molecular flexibility index (Phi) is 4.70. The van der Waals surface area contributed by atoms with Crippen LogP contribution in [0.15, 0.2) is 48.5 Å². The minimum Gasteiger partial charge on any atom is -0.322 e. The zero-order valence-corrected chi connectivity index (χ0v) is 12.1. The summed E-state index contributed by atoms with van der Waals surface area (Å²) >= 11 is 0. The minimum atomic E-state index is -0.210. The first-order valence-corrected chi connectivity index (χ1v) is 6.64. The average molecular weight is 279 g/mol. The monoisotopic (exact) mass is 279 g/mol. The van der Waals surface area contributed by atoms with Crippen molar-refractivity contribution in [1.82, 2.24) is 4.90 Å². The van der Waals surface area contributed by atoms with Crippen molar-refractivity contribution in [3.63, 3.8) is 0 Å². The van der Waals surface area contributed by atoms with E-state index in [4.69, 9.17) is 5.26 Å². The van der Waals surface area contributed by atoms with Crippen LogP contribution in [0, 0.1) is 11.3 Å². The zero-order chi connectivity index (χ0) is 15.2. The van der Waals surface area contributed by atoms with E-state index in [9.17, 15) is 4.79 Å². The number of anilines is 1. The number of carbonyl (C=O) groups is 1. The van der Waals surface area contributed by atoms with Crippen LogP contribution >= 0.6 is 0 Å². The molecule has 0 unspecified atom stereocenters. The standard InChI is InChI=1S/C17H17N3O/c1-20(2)12-15-7-3-4-9-16(15)19-17(21)14-8-5-6-13(10-14)11-18/h3-10H,12H2,1-2H3,(H,19,21). The van der Waals surface area contributed by atoms with Gasteiger partial charge in [-0.25, -0.2) is 0 Å². The molecule has 106 valence electrons. The van der Waals surface area contributed by atoms with Gasteiger partial charge in [-0.1, -0.05) is 24.3 Å². The van der Waals surface area contributed by atoms with Crippen molar-refractivity contribution in [3.05, 3.63) is 65.2 Å². The molecule has 0 saturated heterocycles. The van der Waals surface area contributed by atoms with Crippen molar-refractivity contribution in [2.75, 3.05) is 19.4 Å². The first-order valence-electron chi connectivity index (χ1n) is 6.64. The number of rotatable bonds is 4. The number of hydrogen-bond donors (Lipinski definition) is 1. The average Bonchev–Trinajstić information content (AvgIpc) is 2.48. The summed E-state index contributed by atoms with van der Waals surface area (Å²) in [6.45, 7) is 0.745. The molecule has 0 aliphatic carbocycles. The van der Waals surface area contributed by atoms with Crippen LogP contribution in [0.5, 0.6) is 0 Å². The zero-order valence-electron chi connectivity index (χ0n) is 12.1. The minimum absolute atomic E-state index is 0.210. The van der Waals surface area contributed by atoms with Crippen molar-refractivity contribution >= 4 is 11.6 Å². The Hall–Kier alpha value is -2.64. The van der Waals surface area contributed by atoms with Crippen molar-refractivity contribution in [2.45, 2.75) is 6.54 Å². The lowest BCUT2D eigenvalue weighted by molar-refractivity contribution is 0.102. The van der Waals surface area contributed by atoms with Crippen molar-refractivity contribution in [1.29, 1.82) is 5.26 Å². The summed E-state index contributed by atoms with van der Waals surface area (Å²) in [6, 6.07) is 16.4. The number of hydrogen-bond acceptors (Lipinski definition) is 3. The molecule has 0 heterocycles. The van der Waals surface area contributed by atoms with E-state index in [1.54, 1.807) is 24.3 Å². The molecule has 4 nitrogen and oxygen atoms in total. The molecule has 0 aliphatic rings. The quantitative estimate of drug-likeness (QED) is 0.936. The van der Waals surface area contributed by atoms with E-state index in [0.717, 1.165) is 17.8 Å². The van der Waals surface area contributed by atoms with Gasteiger partial charge in [-0.3, -0.25) is 4.79 Å². The number of nitriles is 1. The summed E-state index contributed by atoms with van der Waals surface area (Å²) in [7, 11) is 3.96. The molecule has 21 heavy (non-hydrogen) atoms. The third-order valence-electron chi connectivity index (χ3n) is 3.01. The third kappa shape index (κ3) is 3.91. The van der Waals surface area contributed by atoms with Crippen LogP contribution in [0.1, 0.15) is 21.5 Å². The van der Waals surface area contributed by atoms with Crippen LogP contribution < -0.4 is 5.32 Å². The number of amides is 1. The molecule has 2 aromatic carbocycles. The molecular formula is C17H17N3O. The molecule has 2 rings (SSSR count). The SMILES string of the molecule is CN(C)Cc1ccccc1NC(=O)c1cccc(C#N)c1. The fourth-order valence-electron chi connectivity index (χ4n) is 2.05. The van der Waals surface area contributed by atoms with Crippen molar-refractivity contribution < 1.29 is 4.79 Å². The molecule has 0 saturated carbocycles. The number of benzene rings is 2. The van der Waals surface area contributed by atoms with Gasteiger partial charge in [-0.05, 0) is 43.9 Å². The number of carbonyl (C=O) groups excluding carboxylic acids is 1. The van der Waals surface area contributed by atoms with E-state index in [2.05, 4.69) is 5.32 Å². The molecule has 0 spiro atoms. The summed E-state index contributed by atoms with van der Waals surface area (Å²) in [4.78, 5) is 14.3. The summed E-state index contributed by atoms with van der Waals surface area (Å²) in [5, 5.41) is 11.8. The predicted molar refractivity (Wildman–Crippen MR) is 82.9 cm³/mol. The Morgan fingerprint density at radius 1 is 1.19 bits per heavy atom. The summed E-state index contributed by atoms with van der Waals surface area (Å²) in [5.74, 6) is -0.210. The molecule has 0 aromatic heterocycles. The van der Waals surface area contributed by atoms with E-state index in [1.807, 2.05) is 49.3 Å². The second kappa shape index (κ2) is 6.69. The highest BCUT2D eigenvalue weighted by Crippen LogP contribution is 2.17. The van der Waals surface area contributed by atoms with E-state index >= 15 is 0 Å². The lowest BCUT2D eigenvalue weighted by atomic mass is 10.1. The van der Waals surface area contributed by atoms with Crippen LogP contribution in [0.4, 0.5) is 5.69 Å². The highest BCUT2D eigenvalue weighted by molar-refractivity contribution is 6.04. The van der Waals surface area contributed by atoms with Crippen LogP contribution in [0.25, 0.3) is 0 Å². The molecule has 0 fully saturated rings. The molecule has 0 aliphatic heterocycles. The summed E-state index contributed by atoms with van der Waals surface area (Å²) in [5.41, 5.74) is 2.80. The van der Waals surface area contributed by atoms with E-state index < -0.39 is 0 Å². The van der Waals surface area contributed by atoms with Gasteiger partial charge in [0.15, 0.2) is 0 Å². The maximum Gasteiger partial charge on any atom is 0.255 e. The van der Waals surface area contributed by atoms with Gasteiger partial charge in [0.05, 0.1) is 11.6 Å². The number of nitrogens with zero attached hydrogens (tertiary/aromatic N) is 2. The highest BCUT2D eigenvalue weighted by Gasteiger charge is 2.09. The predicted octanol–water partition coefficient (Wildman–Crippen LogP) is 2.87. The molecular weight excluding hydrogens is 262 g/mol. The van der Waals surface area contributed by atoms with Crippen LogP contribution in [0.3, 0.4) is 0 Å². The van der Waals surface area contributed by atoms with E-state index in [0.29, 0.717) is 11.1 Å². The van der Waals surface area contributed by atoms with Gasteiger partial charge in [0.2, 0.25) is 0 Å². The van der Waals surface area contributed by atoms with E-state index in [-0.39, 0.29) is 5.91 Å². The van der Waals surface area contributed by atoms with Crippen molar-refractivity contribution in [2.24, 2.45) is 0 Å². The van der Waals surface area contributed by atoms with Gasteiger partial charge in [-0.2, -0.15) is 5.26 Å². The van der Waals surface area contributed by atoms with Crippen LogP contribution in [-0.2, 0) is 6.54 Å². The molecule has 0 bridgehead atoms. The Bertz CT molecular complexity index is 686. The third-order valence-corrected chi connectivity index (χ3v) is 3.01. The lowest BCUT2D eigenvalue weighted by Gasteiger charge is -2.15. The second-order valence-electron chi connectivity index (χ2n) is 5.04. The van der Waals surface area contributed by atoms with E-state index in [1.165, 1.54) is 0 Å². The molecule has 0 radical (unpaired) electrons. The largest absolute Gasteiger partial charge is 0.322 e. The van der Waals surface area contributed by atoms with Crippen molar-refractivity contribution in [3.8, 4) is 6.07 Å². The fourth-order valence-corrected chi connectivity index (χ4v) is 2.05. The van der Waals surface area contributed by atoms with Gasteiger partial charge in [0, 0.05) is 17.8 Å². The molecule has 4 heteroatoms. The Morgan fingerprint density at radius 2 is 1.95 bits per heavy atom. The van der Waals surface area contributed by atoms with Gasteiger partial charge < -0.3 is 10.2 Å². The summed E-state index contributed by atoms with van der Waals surface area (Å²) in [6.07, 6.45) is 0. The summed E-state index contributed by atoms with van der Waals surface area (Å²) < 4.78 is 0. The first-order chi connectivity index (χ1) is 10.1. The van der Waals surface area contributed by atoms with Gasteiger partial charge in [0.25, 0.3) is 5.91 Å². The first kappa shape index (κ1) is 14.8. The Labute approximate surface area is 124 Å². The van der Waals surface area contributed by atoms with Crippen LogP contribution in [0.2, 0.25) is 0 Å². The Morgan fingerprint density at radius 3 is 2.67 bits per heavy atom. The van der Waals surface area contributed by atoms with Gasteiger partial charge in [-0.15, -0.1) is 0 Å². The number of nitrogens with one attached hydrogen (secondary N) is 1. The highest BCUT2D eigenvalue weighted by atomic mass is 16.1. The smallest absolute Gasteiger partial charge is 0.255 e. The number of para-hydroxylation sites is 1. The molecule has 0 atom stereocenters. The molecule has 2 aromatic rings. The van der Waals surface area contributed by atoms with Crippen LogP contribution in [-0.4, -0.2) is 24.9 Å². The second-order valence-corrected chi connectivity index (χ2v) is 5.04. The topological polar surface area (TPSA) is 56.1 Å². The maximum absolute atomic E-state index is 12.3. The van der Waals surface area contributed by atoms with Gasteiger partial charge >= 0.3 is 0 Å².